The average Bonchev–Trinajstić information content (AvgIpc) is 2.47. The number of likely N-dealkylation sites (N-methyl/N-ethyl adjacent to an activating group) is 1. The Hall–Kier alpha value is -2.76. The van der Waals surface area contributed by atoms with Crippen LogP contribution in [0.3, 0.4) is 0 Å². The van der Waals surface area contributed by atoms with E-state index in [9.17, 15) is 14.0 Å². The summed E-state index contributed by atoms with van der Waals surface area (Å²) in [4.78, 5) is 28.5. The van der Waals surface area contributed by atoms with Gasteiger partial charge in [-0.15, -0.1) is 0 Å². The van der Waals surface area contributed by atoms with E-state index in [4.69, 9.17) is 0 Å². The molecule has 108 valence electrons. The Labute approximate surface area is 121 Å². The third-order valence-corrected chi connectivity index (χ3v) is 2.76. The first-order valence-electron chi connectivity index (χ1n) is 6.28. The highest BCUT2D eigenvalue weighted by atomic mass is 19.1. The molecular weight excluding hydrogens is 273 g/mol. The molecule has 2 aromatic rings. The summed E-state index contributed by atoms with van der Waals surface area (Å²) in [6.45, 7) is -0.127. The quantitative estimate of drug-likeness (QED) is 0.874. The normalized spacial score (nSPS) is 10.0. The molecule has 0 aliphatic rings. The summed E-state index contributed by atoms with van der Waals surface area (Å²) in [6.07, 6.45) is 1.21. The molecule has 0 fully saturated rings. The summed E-state index contributed by atoms with van der Waals surface area (Å²) in [7, 11) is 1.48. The molecule has 1 N–H and O–H groups in total. The van der Waals surface area contributed by atoms with Gasteiger partial charge in [-0.1, -0.05) is 18.2 Å². The van der Waals surface area contributed by atoms with Crippen molar-refractivity contribution >= 4 is 17.5 Å². The van der Waals surface area contributed by atoms with E-state index >= 15 is 0 Å². The number of nitrogens with one attached hydrogen (secondary N) is 1. The van der Waals surface area contributed by atoms with Gasteiger partial charge in [-0.25, -0.2) is 4.98 Å². The molecule has 0 aliphatic carbocycles. The fraction of sp³-hybridized carbons (Fsp3) is 0.133. The number of halogens is 1. The number of anilines is 1. The van der Waals surface area contributed by atoms with E-state index in [1.165, 1.54) is 24.2 Å². The van der Waals surface area contributed by atoms with E-state index < -0.39 is 11.9 Å². The summed E-state index contributed by atoms with van der Waals surface area (Å²) in [6, 6.07) is 11.4. The molecule has 21 heavy (non-hydrogen) atoms. The van der Waals surface area contributed by atoms with Crippen molar-refractivity contribution in [3.63, 3.8) is 0 Å². The van der Waals surface area contributed by atoms with Gasteiger partial charge in [0.05, 0.1) is 6.54 Å². The van der Waals surface area contributed by atoms with Crippen LogP contribution in [0.5, 0.6) is 0 Å². The Bertz CT molecular complexity index is 646. The van der Waals surface area contributed by atoms with Crippen LogP contribution in [0.15, 0.2) is 48.7 Å². The number of pyridine rings is 1. The van der Waals surface area contributed by atoms with E-state index in [0.29, 0.717) is 5.69 Å². The van der Waals surface area contributed by atoms with E-state index in [1.807, 2.05) is 6.07 Å². The summed E-state index contributed by atoms with van der Waals surface area (Å²) in [5.41, 5.74) is 0.802. The van der Waals surface area contributed by atoms with Crippen molar-refractivity contribution in [3.8, 4) is 0 Å². The Morgan fingerprint density at radius 3 is 2.62 bits per heavy atom. The molecule has 0 bridgehead atoms. The summed E-state index contributed by atoms with van der Waals surface area (Å²) >= 11 is 0. The number of hydrogen-bond acceptors (Lipinski definition) is 3. The number of carbonyl (C=O) groups is 2. The van der Waals surface area contributed by atoms with Gasteiger partial charge >= 0.3 is 0 Å². The summed E-state index contributed by atoms with van der Waals surface area (Å²) < 4.78 is 13.0. The van der Waals surface area contributed by atoms with Gasteiger partial charge in [-0.05, 0) is 18.2 Å². The van der Waals surface area contributed by atoms with E-state index in [2.05, 4.69) is 10.3 Å². The van der Waals surface area contributed by atoms with Crippen molar-refractivity contribution < 1.29 is 14.0 Å². The minimum Gasteiger partial charge on any atom is -0.332 e. The van der Waals surface area contributed by atoms with Crippen LogP contribution in [0.2, 0.25) is 0 Å². The number of carbonyl (C=O) groups excluding carboxylic acids is 2. The SMILES string of the molecule is CN(CC(=O)Nc1ccccc1)C(=O)c1ccnc(F)c1. The molecule has 0 spiro atoms. The number of para-hydroxylation sites is 1. The monoisotopic (exact) mass is 287 g/mol. The lowest BCUT2D eigenvalue weighted by molar-refractivity contribution is -0.116. The zero-order valence-electron chi connectivity index (χ0n) is 11.4. The van der Waals surface area contributed by atoms with Crippen LogP contribution in [0.4, 0.5) is 10.1 Å². The van der Waals surface area contributed by atoms with E-state index in [-0.39, 0.29) is 18.0 Å². The second-order valence-corrected chi connectivity index (χ2v) is 4.44. The minimum absolute atomic E-state index is 0.127. The van der Waals surface area contributed by atoms with Crippen LogP contribution in [-0.4, -0.2) is 35.3 Å². The predicted molar refractivity (Wildman–Crippen MR) is 76.2 cm³/mol. The first-order chi connectivity index (χ1) is 10.1. The van der Waals surface area contributed by atoms with Crippen molar-refractivity contribution in [1.82, 2.24) is 9.88 Å². The molecule has 0 aliphatic heterocycles. The van der Waals surface area contributed by atoms with Crippen LogP contribution in [-0.2, 0) is 4.79 Å². The molecule has 2 rings (SSSR count). The van der Waals surface area contributed by atoms with Crippen molar-refractivity contribution in [2.24, 2.45) is 0 Å². The zero-order chi connectivity index (χ0) is 15.2. The molecule has 0 saturated carbocycles. The minimum atomic E-state index is -0.733. The van der Waals surface area contributed by atoms with Crippen molar-refractivity contribution in [2.45, 2.75) is 0 Å². The molecule has 5 nitrogen and oxygen atoms in total. The topological polar surface area (TPSA) is 62.3 Å². The fourth-order valence-corrected chi connectivity index (χ4v) is 1.77. The second-order valence-electron chi connectivity index (χ2n) is 4.44. The molecule has 1 heterocycles. The van der Waals surface area contributed by atoms with Crippen molar-refractivity contribution in [3.05, 3.63) is 60.2 Å². The van der Waals surface area contributed by atoms with Gasteiger partial charge in [0.2, 0.25) is 11.9 Å². The van der Waals surface area contributed by atoms with Gasteiger partial charge in [0, 0.05) is 30.6 Å². The lowest BCUT2D eigenvalue weighted by Gasteiger charge is -2.16. The van der Waals surface area contributed by atoms with Crippen LogP contribution in [0.25, 0.3) is 0 Å². The maximum absolute atomic E-state index is 13.0. The Morgan fingerprint density at radius 1 is 1.24 bits per heavy atom. The molecule has 0 unspecified atom stereocenters. The van der Waals surface area contributed by atoms with Gasteiger partial charge in [-0.3, -0.25) is 9.59 Å². The largest absolute Gasteiger partial charge is 0.332 e. The lowest BCUT2D eigenvalue weighted by atomic mass is 10.2. The molecule has 0 atom stereocenters. The van der Waals surface area contributed by atoms with Crippen LogP contribution < -0.4 is 5.32 Å². The maximum Gasteiger partial charge on any atom is 0.254 e. The van der Waals surface area contributed by atoms with E-state index in [0.717, 1.165) is 6.07 Å². The summed E-state index contributed by atoms with van der Waals surface area (Å²) in [5.74, 6) is -1.51. The molecular formula is C15H14FN3O2. The highest BCUT2D eigenvalue weighted by Crippen LogP contribution is 2.07. The molecule has 0 radical (unpaired) electrons. The zero-order valence-corrected chi connectivity index (χ0v) is 11.4. The average molecular weight is 287 g/mol. The number of aromatic nitrogens is 1. The van der Waals surface area contributed by atoms with Gasteiger partial charge in [0.1, 0.15) is 0 Å². The highest BCUT2D eigenvalue weighted by Gasteiger charge is 2.15. The highest BCUT2D eigenvalue weighted by molar-refractivity contribution is 5.99. The van der Waals surface area contributed by atoms with Gasteiger partial charge in [0.15, 0.2) is 0 Å². The molecule has 1 aromatic heterocycles. The predicted octanol–water partition coefficient (Wildman–Crippen LogP) is 1.93. The van der Waals surface area contributed by atoms with Gasteiger partial charge in [-0.2, -0.15) is 4.39 Å². The van der Waals surface area contributed by atoms with Crippen LogP contribution in [0.1, 0.15) is 10.4 Å². The second kappa shape index (κ2) is 6.60. The van der Waals surface area contributed by atoms with Gasteiger partial charge < -0.3 is 10.2 Å². The first-order valence-corrected chi connectivity index (χ1v) is 6.28. The van der Waals surface area contributed by atoms with Crippen molar-refractivity contribution in [1.29, 1.82) is 0 Å². The molecule has 1 aromatic carbocycles. The van der Waals surface area contributed by atoms with E-state index in [1.54, 1.807) is 24.3 Å². The Balaban J connectivity index is 1.96. The smallest absolute Gasteiger partial charge is 0.254 e. The van der Waals surface area contributed by atoms with Crippen molar-refractivity contribution in [2.75, 3.05) is 18.9 Å². The Kier molecular flexibility index (Phi) is 4.61. The number of amides is 2. The number of benzene rings is 1. The lowest BCUT2D eigenvalue weighted by Crippen LogP contribution is -2.35. The molecule has 0 saturated heterocycles. The fourth-order valence-electron chi connectivity index (χ4n) is 1.77. The van der Waals surface area contributed by atoms with Crippen LogP contribution >= 0.6 is 0 Å². The number of rotatable bonds is 4. The Morgan fingerprint density at radius 2 is 1.95 bits per heavy atom. The summed E-state index contributed by atoms with van der Waals surface area (Å²) in [5, 5.41) is 2.67. The third kappa shape index (κ3) is 4.10. The maximum atomic E-state index is 13.0. The standard InChI is InChI=1S/C15H14FN3O2/c1-19(15(21)11-7-8-17-13(16)9-11)10-14(20)18-12-5-3-2-4-6-12/h2-9H,10H2,1H3,(H,18,20). The molecule has 2 amide bonds. The van der Waals surface area contributed by atoms with Crippen LogP contribution in [0, 0.1) is 5.95 Å². The first kappa shape index (κ1) is 14.6. The molecule has 6 heteroatoms. The number of hydrogen-bond donors (Lipinski definition) is 1. The van der Waals surface area contributed by atoms with Gasteiger partial charge in [0.25, 0.3) is 5.91 Å². The number of nitrogens with zero attached hydrogens (tertiary/aromatic N) is 2. The third-order valence-electron chi connectivity index (χ3n) is 2.76.